The number of ether oxygens (including phenoxy) is 1. The first kappa shape index (κ1) is 14.8. The van der Waals surface area contributed by atoms with Gasteiger partial charge in [0.25, 0.3) is 0 Å². The van der Waals surface area contributed by atoms with Gasteiger partial charge in [-0.2, -0.15) is 5.10 Å². The first-order valence-corrected chi connectivity index (χ1v) is 6.64. The molecule has 0 spiro atoms. The molecule has 2 rings (SSSR count). The fourth-order valence-corrected chi connectivity index (χ4v) is 1.99. The van der Waals surface area contributed by atoms with Crippen LogP contribution < -0.4 is 4.74 Å². The molecule has 0 aliphatic heterocycles. The molecule has 0 bridgehead atoms. The van der Waals surface area contributed by atoms with Crippen LogP contribution in [0, 0.1) is 0 Å². The summed E-state index contributed by atoms with van der Waals surface area (Å²) in [6.45, 7) is 3.44. The van der Waals surface area contributed by atoms with Crippen molar-refractivity contribution in [2.24, 2.45) is 0 Å². The summed E-state index contributed by atoms with van der Waals surface area (Å²) in [7, 11) is 0. The van der Waals surface area contributed by atoms with Gasteiger partial charge in [0.15, 0.2) is 11.4 Å². The van der Waals surface area contributed by atoms with Crippen LogP contribution in [0.1, 0.15) is 13.8 Å². The normalized spacial score (nSPS) is 11.4. The lowest BCUT2D eigenvalue weighted by molar-refractivity contribution is -0.132. The molecule has 2 aromatic rings. The second-order valence-electron chi connectivity index (χ2n) is 4.70. The molecular weight excluding hydrogens is 301 g/mol. The van der Waals surface area contributed by atoms with Crippen LogP contribution >= 0.6 is 23.2 Å². The van der Waals surface area contributed by atoms with Gasteiger partial charge in [-0.15, -0.1) is 0 Å². The zero-order valence-corrected chi connectivity index (χ0v) is 12.5. The molecule has 0 saturated heterocycles. The van der Waals surface area contributed by atoms with Gasteiger partial charge in [0.2, 0.25) is 0 Å². The number of rotatable bonds is 5. The molecule has 0 saturated carbocycles. The van der Waals surface area contributed by atoms with Crippen molar-refractivity contribution in [2.45, 2.75) is 26.0 Å². The van der Waals surface area contributed by atoms with Crippen molar-refractivity contribution in [3.05, 3.63) is 40.9 Å². The summed E-state index contributed by atoms with van der Waals surface area (Å²) in [6.07, 6.45) is 2.85. The Labute approximate surface area is 126 Å². The fraction of sp³-hybridized carbons (Fsp3) is 0.308. The SMILES string of the molecule is CC(C)(Oc1ccc(Cl)cc1Cl)C(=O)Cn1cncn1. The average molecular weight is 314 g/mol. The second-order valence-corrected chi connectivity index (χ2v) is 5.55. The average Bonchev–Trinajstić information content (AvgIpc) is 2.85. The Morgan fingerprint density at radius 1 is 1.40 bits per heavy atom. The molecule has 1 aromatic carbocycles. The van der Waals surface area contributed by atoms with E-state index in [1.807, 2.05) is 0 Å². The number of ketones is 1. The number of hydrogen-bond acceptors (Lipinski definition) is 4. The molecule has 0 aliphatic rings. The molecule has 0 amide bonds. The van der Waals surface area contributed by atoms with Crippen LogP contribution in [-0.4, -0.2) is 26.1 Å². The molecule has 0 radical (unpaired) electrons. The predicted molar refractivity (Wildman–Crippen MR) is 76.2 cm³/mol. The number of halogens is 2. The van der Waals surface area contributed by atoms with E-state index >= 15 is 0 Å². The second kappa shape index (κ2) is 5.81. The minimum atomic E-state index is -1.04. The highest BCUT2D eigenvalue weighted by molar-refractivity contribution is 6.35. The van der Waals surface area contributed by atoms with E-state index in [-0.39, 0.29) is 12.3 Å². The molecular formula is C13H13Cl2N3O2. The van der Waals surface area contributed by atoms with E-state index in [4.69, 9.17) is 27.9 Å². The summed E-state index contributed by atoms with van der Waals surface area (Å²) in [4.78, 5) is 16.0. The maximum Gasteiger partial charge on any atom is 0.197 e. The van der Waals surface area contributed by atoms with E-state index in [9.17, 15) is 4.79 Å². The van der Waals surface area contributed by atoms with Gasteiger partial charge in [-0.1, -0.05) is 23.2 Å². The van der Waals surface area contributed by atoms with Crippen LogP contribution in [0.5, 0.6) is 5.75 Å². The van der Waals surface area contributed by atoms with Gasteiger partial charge in [-0.25, -0.2) is 9.67 Å². The van der Waals surface area contributed by atoms with Crippen molar-refractivity contribution in [2.75, 3.05) is 0 Å². The Morgan fingerprint density at radius 3 is 2.75 bits per heavy atom. The lowest BCUT2D eigenvalue weighted by atomic mass is 10.0. The Hall–Kier alpha value is -1.59. The number of aromatic nitrogens is 3. The Bertz CT molecular complexity index is 612. The highest BCUT2D eigenvalue weighted by Crippen LogP contribution is 2.30. The lowest BCUT2D eigenvalue weighted by Gasteiger charge is -2.25. The summed E-state index contributed by atoms with van der Waals surface area (Å²) in [5.74, 6) is 0.266. The highest BCUT2D eigenvalue weighted by atomic mass is 35.5. The minimum Gasteiger partial charge on any atom is -0.478 e. The molecule has 0 atom stereocenters. The Balaban J connectivity index is 2.11. The van der Waals surface area contributed by atoms with E-state index in [0.717, 1.165) is 0 Å². The Morgan fingerprint density at radius 2 is 2.15 bits per heavy atom. The smallest absolute Gasteiger partial charge is 0.197 e. The van der Waals surface area contributed by atoms with E-state index in [1.54, 1.807) is 32.0 Å². The molecule has 20 heavy (non-hydrogen) atoms. The van der Waals surface area contributed by atoms with Gasteiger partial charge < -0.3 is 4.74 Å². The lowest BCUT2D eigenvalue weighted by Crippen LogP contribution is -2.40. The van der Waals surface area contributed by atoms with Crippen LogP contribution in [0.25, 0.3) is 0 Å². The molecule has 106 valence electrons. The van der Waals surface area contributed by atoms with Crippen LogP contribution in [0.4, 0.5) is 0 Å². The standard InChI is InChI=1S/C13H13Cl2N3O2/c1-13(2,12(19)6-18-8-16-7-17-18)20-11-4-3-9(14)5-10(11)15/h3-5,7-8H,6H2,1-2H3. The monoisotopic (exact) mass is 313 g/mol. The van der Waals surface area contributed by atoms with Crippen LogP contribution in [0.2, 0.25) is 10.0 Å². The van der Waals surface area contributed by atoms with Crippen LogP contribution in [-0.2, 0) is 11.3 Å². The summed E-state index contributed by atoms with van der Waals surface area (Å²) in [5, 5.41) is 4.76. The van der Waals surface area contributed by atoms with Crippen molar-refractivity contribution < 1.29 is 9.53 Å². The van der Waals surface area contributed by atoms with Crippen molar-refractivity contribution >= 4 is 29.0 Å². The van der Waals surface area contributed by atoms with Crippen molar-refractivity contribution in [1.82, 2.24) is 14.8 Å². The Kier molecular flexibility index (Phi) is 4.30. The molecule has 0 aliphatic carbocycles. The molecule has 1 heterocycles. The van der Waals surface area contributed by atoms with Gasteiger partial charge in [-0.3, -0.25) is 4.79 Å². The molecule has 0 fully saturated rings. The maximum atomic E-state index is 12.2. The highest BCUT2D eigenvalue weighted by Gasteiger charge is 2.30. The van der Waals surface area contributed by atoms with Gasteiger partial charge in [0.05, 0.1) is 5.02 Å². The van der Waals surface area contributed by atoms with Crippen LogP contribution in [0.15, 0.2) is 30.9 Å². The zero-order chi connectivity index (χ0) is 14.8. The molecule has 7 heteroatoms. The number of benzene rings is 1. The maximum absolute atomic E-state index is 12.2. The number of nitrogens with zero attached hydrogens (tertiary/aromatic N) is 3. The van der Waals surface area contributed by atoms with E-state index in [2.05, 4.69) is 10.1 Å². The number of carbonyl (C=O) groups is 1. The van der Waals surface area contributed by atoms with Gasteiger partial charge in [-0.05, 0) is 32.0 Å². The van der Waals surface area contributed by atoms with Gasteiger partial charge in [0, 0.05) is 5.02 Å². The largest absolute Gasteiger partial charge is 0.478 e. The third-order valence-electron chi connectivity index (χ3n) is 2.70. The zero-order valence-electron chi connectivity index (χ0n) is 11.0. The predicted octanol–water partition coefficient (Wildman–Crippen LogP) is 3.01. The van der Waals surface area contributed by atoms with Crippen molar-refractivity contribution in [3.8, 4) is 5.75 Å². The number of hydrogen-bond donors (Lipinski definition) is 0. The molecule has 0 unspecified atom stereocenters. The molecule has 0 N–H and O–H groups in total. The number of carbonyl (C=O) groups excluding carboxylic acids is 1. The topological polar surface area (TPSA) is 57.0 Å². The van der Waals surface area contributed by atoms with Gasteiger partial charge >= 0.3 is 0 Å². The fourth-order valence-electron chi connectivity index (χ4n) is 1.54. The number of Topliss-reactive ketones (excluding diaryl/α,β-unsaturated/α-hetero) is 1. The summed E-state index contributed by atoms with van der Waals surface area (Å²) in [5.41, 5.74) is -1.04. The summed E-state index contributed by atoms with van der Waals surface area (Å²) < 4.78 is 7.14. The quantitative estimate of drug-likeness (QED) is 0.851. The van der Waals surface area contributed by atoms with Crippen molar-refractivity contribution in [3.63, 3.8) is 0 Å². The molecule has 1 aromatic heterocycles. The van der Waals surface area contributed by atoms with E-state index in [0.29, 0.717) is 15.8 Å². The summed E-state index contributed by atoms with van der Waals surface area (Å²) >= 11 is 11.9. The summed E-state index contributed by atoms with van der Waals surface area (Å²) in [6, 6.07) is 4.85. The first-order chi connectivity index (χ1) is 9.38. The third-order valence-corrected chi connectivity index (χ3v) is 3.23. The van der Waals surface area contributed by atoms with Crippen molar-refractivity contribution in [1.29, 1.82) is 0 Å². The molecule has 5 nitrogen and oxygen atoms in total. The third kappa shape index (κ3) is 3.49. The van der Waals surface area contributed by atoms with Crippen LogP contribution in [0.3, 0.4) is 0 Å². The first-order valence-electron chi connectivity index (χ1n) is 5.88. The minimum absolute atomic E-state index is 0.0816. The van der Waals surface area contributed by atoms with Gasteiger partial charge in [0.1, 0.15) is 24.9 Å². The van der Waals surface area contributed by atoms with E-state index < -0.39 is 5.60 Å². The van der Waals surface area contributed by atoms with E-state index in [1.165, 1.54) is 17.3 Å².